The van der Waals surface area contributed by atoms with Gasteiger partial charge in [-0.15, -0.1) is 0 Å². The van der Waals surface area contributed by atoms with Gasteiger partial charge >= 0.3 is 0 Å². The molecule has 2 atom stereocenters. The fourth-order valence-corrected chi connectivity index (χ4v) is 2.63. The highest BCUT2D eigenvalue weighted by Crippen LogP contribution is 2.31. The topological polar surface area (TPSA) is 32.8 Å². The van der Waals surface area contributed by atoms with E-state index in [2.05, 4.69) is 0 Å². The van der Waals surface area contributed by atoms with Crippen LogP contribution in [0, 0.1) is 0 Å². The number of likely N-dealkylation sites (tertiary alicyclic amines) is 1. The van der Waals surface area contributed by atoms with E-state index in [1.165, 1.54) is 0 Å². The minimum absolute atomic E-state index is 0.213. The molecule has 2 saturated heterocycles. The highest BCUT2D eigenvalue weighted by molar-refractivity contribution is 6.31. The highest BCUT2D eigenvalue weighted by atomic mass is 35.5. The number of carbonyl (C=O) groups is 1. The number of benzene rings is 1. The number of epoxide rings is 1. The monoisotopic (exact) mass is 251 g/mol. The Labute approximate surface area is 105 Å². The van der Waals surface area contributed by atoms with E-state index in [0.29, 0.717) is 13.0 Å². The molecule has 1 amide bonds. The van der Waals surface area contributed by atoms with Gasteiger partial charge in [-0.05, 0) is 18.1 Å². The molecular weight excluding hydrogens is 238 g/mol. The minimum Gasteiger partial charge on any atom is -0.371 e. The average Bonchev–Trinajstić information content (AvgIpc) is 3.09. The molecule has 0 unspecified atom stereocenters. The molecule has 0 bridgehead atoms. The molecule has 2 aliphatic rings. The van der Waals surface area contributed by atoms with Crippen molar-refractivity contribution in [2.75, 3.05) is 6.61 Å². The standard InChI is InChI=1S/C13H14ClNO2/c14-10-4-2-1-3-9(10)7-15-11(12-8-17-12)5-6-13(15)16/h1-4,11-12H,5-8H2/t11-,12-/m1/s1. The van der Waals surface area contributed by atoms with E-state index < -0.39 is 0 Å². The summed E-state index contributed by atoms with van der Waals surface area (Å²) < 4.78 is 5.31. The number of hydrogen-bond acceptors (Lipinski definition) is 2. The second kappa shape index (κ2) is 4.31. The maximum absolute atomic E-state index is 11.9. The number of ether oxygens (including phenoxy) is 1. The lowest BCUT2D eigenvalue weighted by Gasteiger charge is -2.24. The number of carbonyl (C=O) groups excluding carboxylic acids is 1. The quantitative estimate of drug-likeness (QED) is 0.772. The summed E-state index contributed by atoms with van der Waals surface area (Å²) in [6.07, 6.45) is 1.80. The average molecular weight is 252 g/mol. The van der Waals surface area contributed by atoms with Crippen LogP contribution < -0.4 is 0 Å². The fraction of sp³-hybridized carbons (Fsp3) is 0.462. The van der Waals surface area contributed by atoms with E-state index in [4.69, 9.17) is 16.3 Å². The summed E-state index contributed by atoms with van der Waals surface area (Å²) >= 11 is 6.12. The first kappa shape index (κ1) is 11.1. The van der Waals surface area contributed by atoms with Crippen molar-refractivity contribution in [3.05, 3.63) is 34.9 Å². The van der Waals surface area contributed by atoms with Gasteiger partial charge in [0, 0.05) is 18.0 Å². The van der Waals surface area contributed by atoms with E-state index in [-0.39, 0.29) is 18.1 Å². The van der Waals surface area contributed by atoms with E-state index in [9.17, 15) is 4.79 Å². The summed E-state index contributed by atoms with van der Waals surface area (Å²) in [5, 5.41) is 0.725. The Bertz CT molecular complexity index is 445. The molecule has 0 N–H and O–H groups in total. The van der Waals surface area contributed by atoms with Crippen molar-refractivity contribution in [1.82, 2.24) is 4.90 Å². The summed E-state index contributed by atoms with van der Waals surface area (Å²) in [5.41, 5.74) is 1.01. The summed E-state index contributed by atoms with van der Waals surface area (Å²) in [6, 6.07) is 7.93. The van der Waals surface area contributed by atoms with Crippen molar-refractivity contribution in [3.8, 4) is 0 Å². The molecule has 17 heavy (non-hydrogen) atoms. The lowest BCUT2D eigenvalue weighted by atomic mass is 10.1. The van der Waals surface area contributed by atoms with Gasteiger partial charge in [-0.2, -0.15) is 0 Å². The van der Waals surface area contributed by atoms with Crippen LogP contribution in [0.1, 0.15) is 18.4 Å². The van der Waals surface area contributed by atoms with Gasteiger partial charge in [0.05, 0.1) is 12.6 Å². The van der Waals surface area contributed by atoms with Crippen molar-refractivity contribution in [3.63, 3.8) is 0 Å². The third-order valence-electron chi connectivity index (χ3n) is 3.46. The van der Waals surface area contributed by atoms with Crippen LogP contribution in [-0.4, -0.2) is 29.6 Å². The maximum atomic E-state index is 11.9. The van der Waals surface area contributed by atoms with Gasteiger partial charge in [-0.25, -0.2) is 0 Å². The van der Waals surface area contributed by atoms with E-state index in [0.717, 1.165) is 23.6 Å². The molecule has 0 aromatic heterocycles. The molecule has 1 aromatic carbocycles. The molecule has 1 aromatic rings. The summed E-state index contributed by atoms with van der Waals surface area (Å²) in [4.78, 5) is 13.8. The third kappa shape index (κ3) is 2.17. The van der Waals surface area contributed by atoms with Crippen molar-refractivity contribution < 1.29 is 9.53 Å². The molecule has 0 radical (unpaired) electrons. The highest BCUT2D eigenvalue weighted by Gasteiger charge is 2.42. The summed E-state index contributed by atoms with van der Waals surface area (Å²) in [5.74, 6) is 0.213. The lowest BCUT2D eigenvalue weighted by molar-refractivity contribution is -0.129. The molecule has 3 rings (SSSR count). The Balaban J connectivity index is 1.78. The van der Waals surface area contributed by atoms with Crippen LogP contribution in [0.5, 0.6) is 0 Å². The SMILES string of the molecule is O=C1CC[C@H]([C@H]2CO2)N1Cc1ccccc1Cl. The number of nitrogens with zero attached hydrogens (tertiary/aromatic N) is 1. The molecule has 90 valence electrons. The smallest absolute Gasteiger partial charge is 0.223 e. The van der Waals surface area contributed by atoms with Gasteiger partial charge in [0.1, 0.15) is 6.10 Å². The van der Waals surface area contributed by atoms with Crippen molar-refractivity contribution in [2.45, 2.75) is 31.5 Å². The first-order valence-electron chi connectivity index (χ1n) is 5.90. The maximum Gasteiger partial charge on any atom is 0.223 e. The molecule has 4 heteroatoms. The van der Waals surface area contributed by atoms with Gasteiger partial charge in [0.15, 0.2) is 0 Å². The first-order valence-corrected chi connectivity index (χ1v) is 6.28. The van der Waals surface area contributed by atoms with E-state index >= 15 is 0 Å². The second-order valence-electron chi connectivity index (χ2n) is 4.59. The van der Waals surface area contributed by atoms with Crippen LogP contribution in [0.4, 0.5) is 0 Å². The number of rotatable bonds is 3. The van der Waals surface area contributed by atoms with Gasteiger partial charge in [-0.1, -0.05) is 29.8 Å². The normalized spacial score (nSPS) is 27.6. The zero-order valence-corrected chi connectivity index (χ0v) is 10.2. The predicted molar refractivity (Wildman–Crippen MR) is 64.8 cm³/mol. The molecule has 2 heterocycles. The van der Waals surface area contributed by atoms with Crippen LogP contribution in [0.15, 0.2) is 24.3 Å². The molecule has 2 fully saturated rings. The summed E-state index contributed by atoms with van der Waals surface area (Å²) in [7, 11) is 0. The fourth-order valence-electron chi connectivity index (χ4n) is 2.44. The van der Waals surface area contributed by atoms with Gasteiger partial charge in [0.25, 0.3) is 0 Å². The van der Waals surface area contributed by atoms with Crippen LogP contribution in [0.25, 0.3) is 0 Å². The Kier molecular flexibility index (Phi) is 2.81. The zero-order valence-electron chi connectivity index (χ0n) is 9.43. The minimum atomic E-state index is 0.213. The molecule has 0 aliphatic carbocycles. The second-order valence-corrected chi connectivity index (χ2v) is 5.00. The van der Waals surface area contributed by atoms with Crippen LogP contribution in [-0.2, 0) is 16.1 Å². The first-order chi connectivity index (χ1) is 8.25. The Morgan fingerprint density at radius 1 is 1.41 bits per heavy atom. The molecule has 2 aliphatic heterocycles. The number of halogens is 1. The Hall–Kier alpha value is -1.06. The largest absolute Gasteiger partial charge is 0.371 e. The number of hydrogen-bond donors (Lipinski definition) is 0. The van der Waals surface area contributed by atoms with Gasteiger partial charge < -0.3 is 9.64 Å². The van der Waals surface area contributed by atoms with Crippen LogP contribution in [0.3, 0.4) is 0 Å². The molecular formula is C13H14ClNO2. The molecule has 0 spiro atoms. The molecule has 3 nitrogen and oxygen atoms in total. The Morgan fingerprint density at radius 2 is 2.18 bits per heavy atom. The number of amides is 1. The van der Waals surface area contributed by atoms with Crippen LogP contribution in [0.2, 0.25) is 5.02 Å². The van der Waals surface area contributed by atoms with Crippen molar-refractivity contribution >= 4 is 17.5 Å². The van der Waals surface area contributed by atoms with E-state index in [1.54, 1.807) is 0 Å². The van der Waals surface area contributed by atoms with Crippen LogP contribution >= 0.6 is 11.6 Å². The van der Waals surface area contributed by atoms with Crippen molar-refractivity contribution in [1.29, 1.82) is 0 Å². The predicted octanol–water partition coefficient (Wildman–Crippen LogP) is 2.23. The van der Waals surface area contributed by atoms with Gasteiger partial charge in [-0.3, -0.25) is 4.79 Å². The summed E-state index contributed by atoms with van der Waals surface area (Å²) in [6.45, 7) is 1.39. The van der Waals surface area contributed by atoms with E-state index in [1.807, 2.05) is 29.2 Å². The van der Waals surface area contributed by atoms with Crippen molar-refractivity contribution in [2.24, 2.45) is 0 Å². The molecule has 0 saturated carbocycles. The van der Waals surface area contributed by atoms with Gasteiger partial charge in [0.2, 0.25) is 5.91 Å². The zero-order chi connectivity index (χ0) is 11.8. The lowest BCUT2D eigenvalue weighted by Crippen LogP contribution is -2.36. The Morgan fingerprint density at radius 3 is 2.88 bits per heavy atom. The third-order valence-corrected chi connectivity index (χ3v) is 3.83.